The number of rotatable bonds is 6. The second kappa shape index (κ2) is 6.65. The third kappa shape index (κ3) is 4.50. The van der Waals surface area contributed by atoms with Gasteiger partial charge in [-0.25, -0.2) is 0 Å². The number of carbonyl (C=O) groups is 1. The fourth-order valence-electron chi connectivity index (χ4n) is 1.87. The first-order chi connectivity index (χ1) is 7.26. The Labute approximate surface area is 92.7 Å². The van der Waals surface area contributed by atoms with E-state index in [4.69, 9.17) is 4.74 Å². The van der Waals surface area contributed by atoms with Crippen LogP contribution < -0.4 is 0 Å². The van der Waals surface area contributed by atoms with Gasteiger partial charge in [0.2, 0.25) is 0 Å². The van der Waals surface area contributed by atoms with Crippen molar-refractivity contribution in [2.75, 3.05) is 6.61 Å². The molecule has 86 valence electrons. The summed E-state index contributed by atoms with van der Waals surface area (Å²) < 4.78 is 5.27. The first-order valence-electron chi connectivity index (χ1n) is 6.09. The lowest BCUT2D eigenvalue weighted by molar-refractivity contribution is -0.144. The van der Waals surface area contributed by atoms with E-state index in [0.29, 0.717) is 18.9 Å². The molecular weight excluding hydrogens is 188 g/mol. The molecule has 0 amide bonds. The summed E-state index contributed by atoms with van der Waals surface area (Å²) in [5.41, 5.74) is 1.27. The van der Waals surface area contributed by atoms with Crippen molar-refractivity contribution >= 4 is 5.97 Å². The molecule has 0 saturated heterocycles. The van der Waals surface area contributed by atoms with Crippen LogP contribution in [0.3, 0.4) is 0 Å². The largest absolute Gasteiger partial charge is 0.465 e. The zero-order valence-corrected chi connectivity index (χ0v) is 9.92. The molecule has 0 aromatic heterocycles. The number of carbonyl (C=O) groups excluding carboxylic acids is 1. The summed E-state index contributed by atoms with van der Waals surface area (Å²) in [4.78, 5) is 11.5. The average molecular weight is 210 g/mol. The summed E-state index contributed by atoms with van der Waals surface area (Å²) >= 11 is 0. The van der Waals surface area contributed by atoms with Crippen LogP contribution in [0.5, 0.6) is 0 Å². The molecule has 0 atom stereocenters. The third-order valence-electron chi connectivity index (χ3n) is 3.14. The maximum absolute atomic E-state index is 11.5. The van der Waals surface area contributed by atoms with Gasteiger partial charge < -0.3 is 4.74 Å². The maximum Gasteiger partial charge on any atom is 0.309 e. The van der Waals surface area contributed by atoms with E-state index in [-0.39, 0.29) is 5.97 Å². The predicted octanol–water partition coefficient (Wildman–Crippen LogP) is 3.47. The van der Waals surface area contributed by atoms with Crippen LogP contribution in [-0.4, -0.2) is 12.6 Å². The normalized spacial score (nSPS) is 15.5. The summed E-state index contributed by atoms with van der Waals surface area (Å²) in [6, 6.07) is 0. The van der Waals surface area contributed by atoms with Gasteiger partial charge >= 0.3 is 5.97 Å². The Morgan fingerprint density at radius 1 is 1.47 bits per heavy atom. The van der Waals surface area contributed by atoms with Crippen LogP contribution in [0, 0.1) is 5.92 Å². The minimum Gasteiger partial charge on any atom is -0.465 e. The molecule has 1 rings (SSSR count). The smallest absolute Gasteiger partial charge is 0.309 e. The Kier molecular flexibility index (Phi) is 5.44. The quantitative estimate of drug-likeness (QED) is 0.495. The van der Waals surface area contributed by atoms with Crippen molar-refractivity contribution in [2.45, 2.75) is 52.4 Å². The molecular formula is C13H22O2. The minimum absolute atomic E-state index is 0.0462. The second-order valence-electron chi connectivity index (χ2n) is 4.30. The van der Waals surface area contributed by atoms with E-state index in [2.05, 4.69) is 19.9 Å². The molecule has 0 fully saturated rings. The molecule has 0 N–H and O–H groups in total. The van der Waals surface area contributed by atoms with Crippen molar-refractivity contribution in [3.05, 3.63) is 11.6 Å². The maximum atomic E-state index is 11.5. The third-order valence-corrected chi connectivity index (χ3v) is 3.14. The van der Waals surface area contributed by atoms with Gasteiger partial charge in [0.05, 0.1) is 13.0 Å². The molecule has 0 unspecified atom stereocenters. The summed E-state index contributed by atoms with van der Waals surface area (Å²) in [6.07, 6.45) is 8.29. The van der Waals surface area contributed by atoms with Gasteiger partial charge in [-0.2, -0.15) is 0 Å². The Hall–Kier alpha value is -0.790. The van der Waals surface area contributed by atoms with Crippen molar-refractivity contribution < 1.29 is 9.53 Å². The molecule has 0 aromatic carbocycles. The van der Waals surface area contributed by atoms with Crippen molar-refractivity contribution in [1.82, 2.24) is 0 Å². The first kappa shape index (κ1) is 12.3. The molecule has 0 aromatic rings. The van der Waals surface area contributed by atoms with Gasteiger partial charge in [-0.1, -0.05) is 38.3 Å². The molecule has 1 aliphatic rings. The van der Waals surface area contributed by atoms with E-state index in [1.54, 1.807) is 0 Å². The van der Waals surface area contributed by atoms with E-state index in [0.717, 1.165) is 25.7 Å². The highest BCUT2D eigenvalue weighted by Crippen LogP contribution is 2.21. The Morgan fingerprint density at radius 3 is 2.73 bits per heavy atom. The van der Waals surface area contributed by atoms with Crippen LogP contribution in [0.2, 0.25) is 0 Å². The highest BCUT2D eigenvalue weighted by molar-refractivity contribution is 5.72. The highest BCUT2D eigenvalue weighted by Gasteiger charge is 2.12. The molecule has 0 spiro atoms. The molecule has 0 saturated carbocycles. The predicted molar refractivity (Wildman–Crippen MR) is 61.6 cm³/mol. The summed E-state index contributed by atoms with van der Waals surface area (Å²) in [7, 11) is 0. The Bertz CT molecular complexity index is 227. The summed E-state index contributed by atoms with van der Waals surface area (Å²) in [5, 5.41) is 0. The van der Waals surface area contributed by atoms with Crippen LogP contribution in [0.4, 0.5) is 0 Å². The van der Waals surface area contributed by atoms with E-state index in [1.807, 2.05) is 0 Å². The van der Waals surface area contributed by atoms with Crippen molar-refractivity contribution in [1.29, 1.82) is 0 Å². The SMILES string of the molecule is CCC(CC)COC(=O)CC1=CCCC1. The lowest BCUT2D eigenvalue weighted by Gasteiger charge is -2.12. The summed E-state index contributed by atoms with van der Waals surface area (Å²) in [5.74, 6) is 0.488. The van der Waals surface area contributed by atoms with Crippen LogP contribution in [0.15, 0.2) is 11.6 Å². The van der Waals surface area contributed by atoms with Gasteiger partial charge in [0.25, 0.3) is 0 Å². The monoisotopic (exact) mass is 210 g/mol. The Morgan fingerprint density at radius 2 is 2.20 bits per heavy atom. The van der Waals surface area contributed by atoms with E-state index in [9.17, 15) is 4.79 Å². The van der Waals surface area contributed by atoms with Gasteiger partial charge in [-0.3, -0.25) is 4.79 Å². The molecule has 0 heterocycles. The number of esters is 1. The fraction of sp³-hybridized carbons (Fsp3) is 0.769. The van der Waals surface area contributed by atoms with Gasteiger partial charge in [-0.15, -0.1) is 0 Å². The van der Waals surface area contributed by atoms with Crippen LogP contribution >= 0.6 is 0 Å². The lowest BCUT2D eigenvalue weighted by atomic mass is 10.1. The minimum atomic E-state index is -0.0462. The molecule has 2 nitrogen and oxygen atoms in total. The van der Waals surface area contributed by atoms with Crippen molar-refractivity contribution in [2.24, 2.45) is 5.92 Å². The zero-order chi connectivity index (χ0) is 11.1. The van der Waals surface area contributed by atoms with E-state index < -0.39 is 0 Å². The topological polar surface area (TPSA) is 26.3 Å². The van der Waals surface area contributed by atoms with Gasteiger partial charge in [0.1, 0.15) is 0 Å². The number of allylic oxidation sites excluding steroid dienone is 1. The zero-order valence-electron chi connectivity index (χ0n) is 9.92. The van der Waals surface area contributed by atoms with E-state index >= 15 is 0 Å². The van der Waals surface area contributed by atoms with Crippen LogP contribution in [0.25, 0.3) is 0 Å². The van der Waals surface area contributed by atoms with Crippen LogP contribution in [-0.2, 0) is 9.53 Å². The van der Waals surface area contributed by atoms with Gasteiger partial charge in [0, 0.05) is 0 Å². The van der Waals surface area contributed by atoms with Crippen LogP contribution in [0.1, 0.15) is 52.4 Å². The molecule has 0 radical (unpaired) electrons. The molecule has 2 heteroatoms. The number of hydrogen-bond donors (Lipinski definition) is 0. The molecule has 15 heavy (non-hydrogen) atoms. The molecule has 1 aliphatic carbocycles. The highest BCUT2D eigenvalue weighted by atomic mass is 16.5. The van der Waals surface area contributed by atoms with Crippen molar-refractivity contribution in [3.8, 4) is 0 Å². The standard InChI is InChI=1S/C13H22O2/c1-3-11(4-2)10-15-13(14)9-12-7-5-6-8-12/h7,11H,3-6,8-10H2,1-2H3. The fourth-order valence-corrected chi connectivity index (χ4v) is 1.87. The molecule has 0 aliphatic heterocycles. The van der Waals surface area contributed by atoms with Crippen molar-refractivity contribution in [3.63, 3.8) is 0 Å². The van der Waals surface area contributed by atoms with E-state index in [1.165, 1.54) is 12.0 Å². The first-order valence-corrected chi connectivity index (χ1v) is 6.09. The second-order valence-corrected chi connectivity index (χ2v) is 4.30. The van der Waals surface area contributed by atoms with Gasteiger partial charge in [-0.05, 0) is 25.2 Å². The Balaban J connectivity index is 2.18. The summed E-state index contributed by atoms with van der Waals surface area (Å²) in [6.45, 7) is 4.88. The number of ether oxygens (including phenoxy) is 1. The molecule has 0 bridgehead atoms. The average Bonchev–Trinajstić information content (AvgIpc) is 2.72. The number of hydrogen-bond acceptors (Lipinski definition) is 2. The lowest BCUT2D eigenvalue weighted by Crippen LogP contribution is -2.13. The van der Waals surface area contributed by atoms with Gasteiger partial charge in [0.15, 0.2) is 0 Å².